The predicted octanol–water partition coefficient (Wildman–Crippen LogP) is 3.86. The van der Waals surface area contributed by atoms with Crippen molar-refractivity contribution in [3.8, 4) is 5.88 Å². The van der Waals surface area contributed by atoms with E-state index >= 15 is 0 Å². The van der Waals surface area contributed by atoms with Crippen LogP contribution in [0.5, 0.6) is 5.88 Å². The SMILES string of the molecule is COc1ncc(CC(=O)c2ccc(Cl)cn2)cc1[C@@]1(C)N=C(N)S[C@@]2(C(F)F)C[C@@H]12. The van der Waals surface area contributed by atoms with Gasteiger partial charge in [-0.05, 0) is 37.1 Å². The smallest absolute Gasteiger partial charge is 0.253 e. The van der Waals surface area contributed by atoms with E-state index < -0.39 is 22.6 Å². The van der Waals surface area contributed by atoms with Gasteiger partial charge in [-0.1, -0.05) is 23.4 Å². The van der Waals surface area contributed by atoms with Gasteiger partial charge in [0.05, 0.1) is 22.4 Å². The summed E-state index contributed by atoms with van der Waals surface area (Å²) < 4.78 is 31.7. The molecule has 0 saturated heterocycles. The number of ether oxygens (including phenoxy) is 1. The Hall–Kier alpha value is -2.26. The molecule has 0 aromatic carbocycles. The molecule has 2 aliphatic rings. The molecule has 0 amide bonds. The minimum atomic E-state index is -2.53. The van der Waals surface area contributed by atoms with Crippen molar-refractivity contribution >= 4 is 34.3 Å². The Labute approximate surface area is 181 Å². The average molecular weight is 453 g/mol. The number of fused-ring (bicyclic) bond motifs is 1. The summed E-state index contributed by atoms with van der Waals surface area (Å²) in [5.74, 6) is -0.357. The second-order valence-electron chi connectivity index (χ2n) is 7.57. The van der Waals surface area contributed by atoms with Gasteiger partial charge < -0.3 is 10.5 Å². The van der Waals surface area contributed by atoms with E-state index in [0.29, 0.717) is 16.1 Å². The molecule has 1 saturated carbocycles. The molecule has 0 unspecified atom stereocenters. The van der Waals surface area contributed by atoms with Crippen molar-refractivity contribution in [1.82, 2.24) is 9.97 Å². The average Bonchev–Trinajstić information content (AvgIpc) is 3.45. The first-order valence-electron chi connectivity index (χ1n) is 9.20. The number of carbonyl (C=O) groups is 1. The maximum Gasteiger partial charge on any atom is 0.253 e. The fourth-order valence-corrected chi connectivity index (χ4v) is 5.49. The zero-order chi connectivity index (χ0) is 21.7. The van der Waals surface area contributed by atoms with E-state index in [0.717, 1.165) is 11.8 Å². The number of pyridine rings is 2. The molecular weight excluding hydrogens is 434 g/mol. The minimum absolute atomic E-state index is 0.0350. The standard InChI is InChI=1S/C20H19ClF2N4O2S/c1-19(15-7-20(15,17(22)23)30-18(24)27-19)12-5-10(8-26-16(12)29-2)6-14(28)13-4-3-11(21)9-25-13/h3-5,8-9,15,17H,6-7H2,1-2H3,(H2,24,27)/t15-,19+,20-/m0/s1. The summed E-state index contributed by atoms with van der Waals surface area (Å²) >= 11 is 6.76. The zero-order valence-electron chi connectivity index (χ0n) is 16.2. The number of hydrogen-bond donors (Lipinski definition) is 1. The first-order chi connectivity index (χ1) is 14.2. The van der Waals surface area contributed by atoms with Gasteiger partial charge in [0.1, 0.15) is 5.69 Å². The van der Waals surface area contributed by atoms with E-state index in [2.05, 4.69) is 15.0 Å². The molecular formula is C20H19ClF2N4O2S. The number of aromatic nitrogens is 2. The van der Waals surface area contributed by atoms with Crippen LogP contribution in [0.15, 0.2) is 35.6 Å². The lowest BCUT2D eigenvalue weighted by atomic mass is 9.85. The number of alkyl halides is 2. The molecule has 158 valence electrons. The fourth-order valence-electron chi connectivity index (χ4n) is 4.04. The Morgan fingerprint density at radius 1 is 1.40 bits per heavy atom. The summed E-state index contributed by atoms with van der Waals surface area (Å²) in [6, 6.07) is 4.88. The fraction of sp³-hybridized carbons (Fsp3) is 0.400. The van der Waals surface area contributed by atoms with Crippen LogP contribution in [0, 0.1) is 5.92 Å². The summed E-state index contributed by atoms with van der Waals surface area (Å²) in [6.45, 7) is 1.76. The van der Waals surface area contributed by atoms with Gasteiger partial charge in [0.15, 0.2) is 11.0 Å². The topological polar surface area (TPSA) is 90.5 Å². The molecule has 1 fully saturated rings. The van der Waals surface area contributed by atoms with Gasteiger partial charge in [-0.2, -0.15) is 0 Å². The molecule has 2 aromatic heterocycles. The molecule has 0 spiro atoms. The van der Waals surface area contributed by atoms with E-state index in [1.54, 1.807) is 25.1 Å². The Morgan fingerprint density at radius 3 is 2.80 bits per heavy atom. The van der Waals surface area contributed by atoms with Crippen LogP contribution in [0.3, 0.4) is 0 Å². The largest absolute Gasteiger partial charge is 0.481 e. The number of rotatable bonds is 6. The maximum absolute atomic E-state index is 13.8. The van der Waals surface area contributed by atoms with E-state index in [1.165, 1.54) is 19.5 Å². The van der Waals surface area contributed by atoms with Gasteiger partial charge in [0, 0.05) is 30.3 Å². The van der Waals surface area contributed by atoms with Crippen LogP contribution in [0.4, 0.5) is 8.78 Å². The number of carbonyl (C=O) groups excluding carboxylic acids is 1. The summed E-state index contributed by atoms with van der Waals surface area (Å²) in [7, 11) is 1.45. The monoisotopic (exact) mass is 452 g/mol. The number of ketones is 1. The second kappa shape index (κ2) is 7.46. The highest BCUT2D eigenvalue weighted by atomic mass is 35.5. The number of methoxy groups -OCH3 is 1. The minimum Gasteiger partial charge on any atom is -0.481 e. The van der Waals surface area contributed by atoms with Gasteiger partial charge >= 0.3 is 0 Å². The third-order valence-corrected chi connectivity index (χ3v) is 7.20. The Kier molecular flexibility index (Phi) is 5.22. The highest BCUT2D eigenvalue weighted by Gasteiger charge is 2.71. The molecule has 3 atom stereocenters. The summed E-state index contributed by atoms with van der Waals surface area (Å²) in [4.78, 5) is 25.5. The predicted molar refractivity (Wildman–Crippen MR) is 111 cm³/mol. The quantitative estimate of drug-likeness (QED) is 0.669. The molecule has 3 heterocycles. The highest BCUT2D eigenvalue weighted by Crippen LogP contribution is 2.68. The lowest BCUT2D eigenvalue weighted by molar-refractivity contribution is 0.0988. The second-order valence-corrected chi connectivity index (χ2v) is 9.39. The Balaban J connectivity index is 1.69. The van der Waals surface area contributed by atoms with Crippen LogP contribution < -0.4 is 10.5 Å². The van der Waals surface area contributed by atoms with Gasteiger partial charge in [-0.3, -0.25) is 14.8 Å². The first kappa shape index (κ1) is 21.0. The van der Waals surface area contributed by atoms with E-state index in [9.17, 15) is 13.6 Å². The number of nitrogens with two attached hydrogens (primary N) is 1. The number of aliphatic imine (C=N–C) groups is 1. The van der Waals surface area contributed by atoms with Crippen LogP contribution in [0.2, 0.25) is 5.02 Å². The number of hydrogen-bond acceptors (Lipinski definition) is 7. The number of nitrogens with zero attached hydrogens (tertiary/aromatic N) is 3. The molecule has 1 aliphatic heterocycles. The van der Waals surface area contributed by atoms with Gasteiger partial charge in [0.2, 0.25) is 5.88 Å². The maximum atomic E-state index is 13.8. The van der Waals surface area contributed by atoms with Crippen LogP contribution in [0.25, 0.3) is 0 Å². The summed E-state index contributed by atoms with van der Waals surface area (Å²) in [5.41, 5.74) is 6.32. The van der Waals surface area contributed by atoms with Crippen molar-refractivity contribution in [2.45, 2.75) is 36.5 Å². The number of halogens is 3. The normalized spacial score (nSPS) is 27.4. The van der Waals surface area contributed by atoms with E-state index in [1.807, 2.05) is 0 Å². The molecule has 0 radical (unpaired) electrons. The van der Waals surface area contributed by atoms with Crippen molar-refractivity contribution in [3.63, 3.8) is 0 Å². The number of thioether (sulfide) groups is 1. The van der Waals surface area contributed by atoms with Gasteiger partial charge in [-0.15, -0.1) is 0 Å². The zero-order valence-corrected chi connectivity index (χ0v) is 17.8. The lowest BCUT2D eigenvalue weighted by Gasteiger charge is -2.34. The van der Waals surface area contributed by atoms with Crippen molar-refractivity contribution in [2.75, 3.05) is 7.11 Å². The molecule has 30 heavy (non-hydrogen) atoms. The Morgan fingerprint density at radius 2 is 2.17 bits per heavy atom. The third-order valence-electron chi connectivity index (χ3n) is 5.66. The first-order valence-corrected chi connectivity index (χ1v) is 10.4. The summed E-state index contributed by atoms with van der Waals surface area (Å²) in [6.07, 6.45) is 0.726. The van der Waals surface area contributed by atoms with Gasteiger partial charge in [0.25, 0.3) is 6.43 Å². The van der Waals surface area contributed by atoms with E-state index in [4.69, 9.17) is 22.1 Å². The van der Waals surface area contributed by atoms with Crippen molar-refractivity contribution in [2.24, 2.45) is 16.6 Å². The summed E-state index contributed by atoms with van der Waals surface area (Å²) in [5, 5.41) is 0.547. The highest BCUT2D eigenvalue weighted by molar-refractivity contribution is 8.15. The van der Waals surface area contributed by atoms with Crippen LogP contribution in [-0.4, -0.2) is 39.2 Å². The molecule has 0 bridgehead atoms. The van der Waals surface area contributed by atoms with Crippen LogP contribution >= 0.6 is 23.4 Å². The van der Waals surface area contributed by atoms with Crippen LogP contribution in [0.1, 0.15) is 35.0 Å². The van der Waals surface area contributed by atoms with Crippen molar-refractivity contribution < 1.29 is 18.3 Å². The molecule has 6 nitrogen and oxygen atoms in total. The third kappa shape index (κ3) is 3.43. The molecule has 1 aliphatic carbocycles. The van der Waals surface area contributed by atoms with Crippen LogP contribution in [-0.2, 0) is 12.0 Å². The number of amidine groups is 1. The van der Waals surface area contributed by atoms with Crippen molar-refractivity contribution in [1.29, 1.82) is 0 Å². The molecule has 2 aromatic rings. The lowest BCUT2D eigenvalue weighted by Crippen LogP contribution is -2.38. The molecule has 10 heteroatoms. The Bertz CT molecular complexity index is 1040. The van der Waals surface area contributed by atoms with Gasteiger partial charge in [-0.25, -0.2) is 13.8 Å². The number of Topliss-reactive ketones (excluding diaryl/α,β-unsaturated/α-hetero) is 1. The molecule has 2 N–H and O–H groups in total. The molecule has 4 rings (SSSR count). The van der Waals surface area contributed by atoms with Crippen molar-refractivity contribution in [3.05, 3.63) is 52.4 Å². The van der Waals surface area contributed by atoms with E-state index in [-0.39, 0.29) is 35.4 Å².